The fraction of sp³-hybridized carbons (Fsp3) is 0.172. The van der Waals surface area contributed by atoms with Crippen molar-refractivity contribution in [3.8, 4) is 5.75 Å². The van der Waals surface area contributed by atoms with Crippen LogP contribution in [0.5, 0.6) is 5.75 Å². The number of benzene rings is 3. The Labute approximate surface area is 235 Å². The second-order valence-corrected chi connectivity index (χ2v) is 12.6. The summed E-state index contributed by atoms with van der Waals surface area (Å²) in [6.45, 7) is 3.39. The van der Waals surface area contributed by atoms with Crippen LogP contribution < -0.4 is 10.1 Å². The largest absolute Gasteiger partial charge is 0.497 e. The van der Waals surface area contributed by atoms with Crippen molar-refractivity contribution in [2.24, 2.45) is 0 Å². The molecule has 0 bridgehead atoms. The Morgan fingerprint density at radius 3 is 2.20 bits per heavy atom. The van der Waals surface area contributed by atoms with Gasteiger partial charge in [-0.3, -0.25) is 14.5 Å². The van der Waals surface area contributed by atoms with Crippen molar-refractivity contribution < 1.29 is 32.3 Å². The van der Waals surface area contributed by atoms with Crippen LogP contribution in [0.3, 0.4) is 0 Å². The van der Waals surface area contributed by atoms with Crippen LogP contribution in [0.2, 0.25) is 0 Å². The quantitative estimate of drug-likeness (QED) is 0.121. The number of carbonyl (C=O) groups is 3. The number of rotatable bonds is 11. The van der Waals surface area contributed by atoms with Crippen molar-refractivity contribution in [3.63, 3.8) is 0 Å². The highest BCUT2D eigenvalue weighted by atomic mass is 33.1. The lowest BCUT2D eigenvalue weighted by atomic mass is 10.0. The molecule has 1 aliphatic rings. The normalized spacial score (nSPS) is 16.3. The van der Waals surface area contributed by atoms with E-state index in [1.165, 1.54) is 19.2 Å². The van der Waals surface area contributed by atoms with Gasteiger partial charge in [-0.15, -0.1) is 0 Å². The molecule has 11 heteroatoms. The Morgan fingerprint density at radius 2 is 1.60 bits per heavy atom. The number of nitrogens with one attached hydrogen (secondary N) is 1. The van der Waals surface area contributed by atoms with E-state index in [-0.39, 0.29) is 23.6 Å². The van der Waals surface area contributed by atoms with Gasteiger partial charge in [-0.05, 0) is 35.4 Å². The number of hydrogen-bond acceptors (Lipinski definition) is 8. The van der Waals surface area contributed by atoms with Crippen molar-refractivity contribution in [1.82, 2.24) is 10.2 Å². The van der Waals surface area contributed by atoms with Crippen molar-refractivity contribution in [1.29, 1.82) is 0 Å². The lowest BCUT2D eigenvalue weighted by Gasteiger charge is -2.45. The van der Waals surface area contributed by atoms with E-state index in [4.69, 9.17) is 9.47 Å². The van der Waals surface area contributed by atoms with Gasteiger partial charge in [-0.25, -0.2) is 13.2 Å². The smallest absolute Gasteiger partial charge is 0.363 e. The van der Waals surface area contributed by atoms with E-state index in [0.717, 1.165) is 10.5 Å². The van der Waals surface area contributed by atoms with Crippen LogP contribution in [-0.4, -0.2) is 49.6 Å². The zero-order chi connectivity index (χ0) is 28.7. The minimum Gasteiger partial charge on any atom is -0.497 e. The Kier molecular flexibility index (Phi) is 9.11. The number of esters is 1. The van der Waals surface area contributed by atoms with Gasteiger partial charge in [0.25, 0.3) is 5.91 Å². The summed E-state index contributed by atoms with van der Waals surface area (Å²) < 4.78 is 36.9. The fourth-order valence-electron chi connectivity index (χ4n) is 3.91. The third-order valence-corrected chi connectivity index (χ3v) is 9.67. The maximum absolute atomic E-state index is 13.2. The highest BCUT2D eigenvalue weighted by Gasteiger charge is 2.54. The van der Waals surface area contributed by atoms with E-state index < -0.39 is 38.1 Å². The maximum atomic E-state index is 13.2. The number of nitrogens with zero attached hydrogens (tertiary/aromatic N) is 1. The fourth-order valence-corrected chi connectivity index (χ4v) is 7.40. The van der Waals surface area contributed by atoms with Crippen molar-refractivity contribution in [2.45, 2.75) is 29.3 Å². The summed E-state index contributed by atoms with van der Waals surface area (Å²) in [5.74, 6) is -1.45. The minimum absolute atomic E-state index is 0.0124. The van der Waals surface area contributed by atoms with Gasteiger partial charge in [0.1, 0.15) is 23.8 Å². The monoisotopic (exact) mass is 578 g/mol. The average Bonchev–Trinajstić information content (AvgIpc) is 2.98. The number of hydrogen-bond donors (Lipinski definition) is 1. The summed E-state index contributed by atoms with van der Waals surface area (Å²) in [5, 5.41) is 1.44. The first-order chi connectivity index (χ1) is 19.2. The Balaban J connectivity index is 1.53. The number of β-lactam (4-membered cyclic amide) rings is 1. The number of amides is 2. The van der Waals surface area contributed by atoms with Gasteiger partial charge in [0.2, 0.25) is 14.8 Å². The zero-order valence-corrected chi connectivity index (χ0v) is 23.1. The first kappa shape index (κ1) is 28.7. The summed E-state index contributed by atoms with van der Waals surface area (Å²) in [7, 11) is -2.01. The van der Waals surface area contributed by atoms with Crippen LogP contribution in [0.25, 0.3) is 0 Å². The van der Waals surface area contributed by atoms with E-state index in [2.05, 4.69) is 17.6 Å². The van der Waals surface area contributed by atoms with Crippen LogP contribution in [0.4, 0.5) is 0 Å². The Bertz CT molecular complexity index is 1540. The Hall–Kier alpha value is -4.31. The minimum atomic E-state index is -3.99. The third-order valence-electron chi connectivity index (χ3n) is 5.95. The van der Waals surface area contributed by atoms with Gasteiger partial charge in [0.05, 0.1) is 18.4 Å². The van der Waals surface area contributed by atoms with Gasteiger partial charge in [0.15, 0.2) is 5.70 Å². The van der Waals surface area contributed by atoms with Crippen LogP contribution in [0, 0.1) is 0 Å². The van der Waals surface area contributed by atoms with Crippen LogP contribution in [0.15, 0.2) is 108 Å². The standard InChI is InChI=1S/C29H26N2O7S2/c1-3-24(29(34)38-19-21-14-16-22(37-2)17-15-21)31-27(33)26(30-25(32)18-20-10-6-4-7-11-20)28(31)39-40(35,36)23-12-8-5-9-13-23/h4-17,26,28H,1,18-19H2,2H3,(H,30,32)/t26-,28-/m1/s1. The molecule has 9 nitrogen and oxygen atoms in total. The SMILES string of the molecule is C=C=C(C(=O)OCc1ccc(OC)cc1)N1C(=O)[C@@H](NC(=O)Cc2ccccc2)[C@H]1SS(=O)(=O)c1ccccc1. The first-order valence-corrected chi connectivity index (χ1v) is 15.0. The van der Waals surface area contributed by atoms with Crippen LogP contribution in [-0.2, 0) is 41.0 Å². The van der Waals surface area contributed by atoms with E-state index in [9.17, 15) is 22.8 Å². The zero-order valence-electron chi connectivity index (χ0n) is 21.5. The molecule has 0 saturated carbocycles. The highest BCUT2D eigenvalue weighted by Crippen LogP contribution is 2.39. The highest BCUT2D eigenvalue weighted by molar-refractivity contribution is 8.72. The maximum Gasteiger partial charge on any atom is 0.363 e. The first-order valence-electron chi connectivity index (χ1n) is 12.1. The second kappa shape index (κ2) is 12.7. The topological polar surface area (TPSA) is 119 Å². The number of likely N-dealkylation sites (tertiary alicyclic amines) is 1. The molecule has 0 radical (unpaired) electrons. The van der Waals surface area contributed by atoms with E-state index in [1.54, 1.807) is 66.7 Å². The lowest BCUT2D eigenvalue weighted by molar-refractivity contribution is -0.153. The molecule has 0 unspecified atom stereocenters. The molecule has 4 rings (SSSR count). The van der Waals surface area contributed by atoms with Crippen molar-refractivity contribution in [3.05, 3.63) is 114 Å². The molecule has 0 spiro atoms. The molecule has 1 fully saturated rings. The molecule has 3 aromatic rings. The molecule has 2 atom stereocenters. The predicted octanol–water partition coefficient (Wildman–Crippen LogP) is 3.43. The average molecular weight is 579 g/mol. The van der Waals surface area contributed by atoms with Crippen LogP contribution in [0.1, 0.15) is 11.1 Å². The van der Waals surface area contributed by atoms with E-state index in [0.29, 0.717) is 22.1 Å². The van der Waals surface area contributed by atoms with Crippen molar-refractivity contribution >= 4 is 37.4 Å². The molecule has 0 aliphatic carbocycles. The van der Waals surface area contributed by atoms with Gasteiger partial charge >= 0.3 is 5.97 Å². The predicted molar refractivity (Wildman–Crippen MR) is 149 cm³/mol. The molecule has 1 saturated heterocycles. The van der Waals surface area contributed by atoms with Gasteiger partial charge in [-0.2, -0.15) is 0 Å². The van der Waals surface area contributed by atoms with E-state index >= 15 is 0 Å². The molecule has 1 N–H and O–H groups in total. The summed E-state index contributed by atoms with van der Waals surface area (Å²) in [4.78, 5) is 39.9. The molecule has 40 heavy (non-hydrogen) atoms. The lowest BCUT2D eigenvalue weighted by Crippen LogP contribution is -2.69. The third kappa shape index (κ3) is 6.63. The summed E-state index contributed by atoms with van der Waals surface area (Å²) >= 11 is 0. The Morgan fingerprint density at radius 1 is 0.975 bits per heavy atom. The molecule has 2 amide bonds. The molecule has 1 heterocycles. The summed E-state index contributed by atoms with van der Waals surface area (Å²) in [5.41, 5.74) is 3.44. The van der Waals surface area contributed by atoms with E-state index in [1.807, 2.05) is 6.07 Å². The van der Waals surface area contributed by atoms with Gasteiger partial charge < -0.3 is 14.8 Å². The molecule has 206 valence electrons. The van der Waals surface area contributed by atoms with Crippen LogP contribution >= 0.6 is 10.8 Å². The molecule has 3 aromatic carbocycles. The number of methoxy groups -OCH3 is 1. The molecule has 0 aromatic heterocycles. The molecular formula is C29H26N2O7S2. The second-order valence-electron chi connectivity index (χ2n) is 8.62. The van der Waals surface area contributed by atoms with Gasteiger partial charge in [0, 0.05) is 10.8 Å². The summed E-state index contributed by atoms with van der Waals surface area (Å²) in [6, 6.07) is 22.2. The van der Waals surface area contributed by atoms with Gasteiger partial charge in [-0.1, -0.05) is 73.0 Å². The van der Waals surface area contributed by atoms with Crippen molar-refractivity contribution in [2.75, 3.05) is 7.11 Å². The molecular weight excluding hydrogens is 552 g/mol. The number of carbonyl (C=O) groups excluding carboxylic acids is 3. The number of ether oxygens (including phenoxy) is 2. The molecule has 1 aliphatic heterocycles. The summed E-state index contributed by atoms with van der Waals surface area (Å²) in [6.07, 6.45) is -0.0124.